The highest BCUT2D eigenvalue weighted by atomic mass is 16.7. The lowest BCUT2D eigenvalue weighted by atomic mass is 10.0. The van der Waals surface area contributed by atoms with Gasteiger partial charge in [0, 0.05) is 32.4 Å². The molecule has 6 nitrogen and oxygen atoms in total. The summed E-state index contributed by atoms with van der Waals surface area (Å²) < 4.78 is 10.7. The molecular formula is C20H25N3O3. The van der Waals surface area contributed by atoms with Crippen LogP contribution >= 0.6 is 0 Å². The summed E-state index contributed by atoms with van der Waals surface area (Å²) in [4.78, 5) is 9.22. The van der Waals surface area contributed by atoms with Crippen LogP contribution in [-0.2, 0) is 0 Å². The lowest BCUT2D eigenvalue weighted by Crippen LogP contribution is -2.46. The molecule has 1 aromatic carbocycles. The molecular weight excluding hydrogens is 330 g/mol. The summed E-state index contributed by atoms with van der Waals surface area (Å²) in [6, 6.07) is 11.7. The Labute approximate surface area is 154 Å². The minimum atomic E-state index is -0.459. The highest BCUT2D eigenvalue weighted by molar-refractivity contribution is 5.45. The Kier molecular flexibility index (Phi) is 5.22. The molecule has 4 rings (SSSR count). The van der Waals surface area contributed by atoms with Crippen LogP contribution in [0.5, 0.6) is 11.5 Å². The van der Waals surface area contributed by atoms with Gasteiger partial charge in [0.15, 0.2) is 11.5 Å². The number of nitrogens with zero attached hydrogens (tertiary/aromatic N) is 3. The highest BCUT2D eigenvalue weighted by Crippen LogP contribution is 2.35. The van der Waals surface area contributed by atoms with E-state index in [1.54, 1.807) is 0 Å². The van der Waals surface area contributed by atoms with Gasteiger partial charge in [-0.25, -0.2) is 4.98 Å². The number of aromatic nitrogens is 1. The molecule has 138 valence electrons. The molecule has 1 atom stereocenters. The molecule has 1 N–H and O–H groups in total. The van der Waals surface area contributed by atoms with Crippen molar-refractivity contribution in [2.24, 2.45) is 0 Å². The van der Waals surface area contributed by atoms with Crippen molar-refractivity contribution in [1.82, 2.24) is 9.88 Å². The summed E-state index contributed by atoms with van der Waals surface area (Å²) in [5.74, 6) is 2.55. The third kappa shape index (κ3) is 3.92. The number of rotatable bonds is 6. The van der Waals surface area contributed by atoms with Gasteiger partial charge in [-0.3, -0.25) is 4.90 Å². The molecule has 6 heteroatoms. The zero-order valence-electron chi connectivity index (χ0n) is 14.9. The van der Waals surface area contributed by atoms with E-state index < -0.39 is 6.10 Å². The standard InChI is InChI=1S/C20H25N3O3/c24-17(16-6-7-18-19(14-16)26-15-25-18)4-3-9-22-10-12-23(13-11-22)20-5-1-2-8-21-20/h1-2,5-8,14,17,24H,3-4,9-13,15H2. The number of piperazine rings is 1. The van der Waals surface area contributed by atoms with E-state index in [2.05, 4.69) is 20.9 Å². The van der Waals surface area contributed by atoms with E-state index in [1.807, 2.05) is 36.5 Å². The zero-order valence-corrected chi connectivity index (χ0v) is 14.9. The molecule has 1 unspecified atom stereocenters. The van der Waals surface area contributed by atoms with E-state index in [9.17, 15) is 5.11 Å². The Balaban J connectivity index is 1.21. The lowest BCUT2D eigenvalue weighted by molar-refractivity contribution is 0.153. The van der Waals surface area contributed by atoms with E-state index in [0.717, 1.165) is 68.4 Å². The smallest absolute Gasteiger partial charge is 0.231 e. The summed E-state index contributed by atoms with van der Waals surface area (Å²) in [5.41, 5.74) is 0.897. The van der Waals surface area contributed by atoms with Crippen molar-refractivity contribution in [3.63, 3.8) is 0 Å². The van der Waals surface area contributed by atoms with Gasteiger partial charge in [0.25, 0.3) is 0 Å². The van der Waals surface area contributed by atoms with Crippen molar-refractivity contribution in [3.05, 3.63) is 48.2 Å². The zero-order chi connectivity index (χ0) is 17.8. The first-order valence-electron chi connectivity index (χ1n) is 9.25. The Bertz CT molecular complexity index is 717. The molecule has 1 aromatic heterocycles. The first-order chi connectivity index (χ1) is 12.8. The number of aliphatic hydroxyl groups excluding tert-OH is 1. The number of fused-ring (bicyclic) bond motifs is 1. The van der Waals surface area contributed by atoms with Gasteiger partial charge < -0.3 is 19.5 Å². The minimum Gasteiger partial charge on any atom is -0.454 e. The van der Waals surface area contributed by atoms with Crippen LogP contribution in [0.15, 0.2) is 42.6 Å². The van der Waals surface area contributed by atoms with E-state index in [4.69, 9.17) is 9.47 Å². The van der Waals surface area contributed by atoms with Gasteiger partial charge in [0.2, 0.25) is 6.79 Å². The van der Waals surface area contributed by atoms with Gasteiger partial charge in [-0.2, -0.15) is 0 Å². The maximum atomic E-state index is 10.4. The summed E-state index contributed by atoms with van der Waals surface area (Å²) in [6.45, 7) is 5.36. The van der Waals surface area contributed by atoms with Gasteiger partial charge in [-0.15, -0.1) is 0 Å². The Hall–Kier alpha value is -2.31. The molecule has 2 aromatic rings. The van der Waals surface area contributed by atoms with Crippen LogP contribution < -0.4 is 14.4 Å². The molecule has 0 saturated carbocycles. The largest absolute Gasteiger partial charge is 0.454 e. The first-order valence-corrected chi connectivity index (χ1v) is 9.25. The first kappa shape index (κ1) is 17.1. The lowest BCUT2D eigenvalue weighted by Gasteiger charge is -2.35. The second-order valence-electron chi connectivity index (χ2n) is 6.79. The van der Waals surface area contributed by atoms with Crippen molar-refractivity contribution >= 4 is 5.82 Å². The summed E-state index contributed by atoms with van der Waals surface area (Å²) in [5, 5.41) is 10.4. The molecule has 0 radical (unpaired) electrons. The normalized spacial score (nSPS) is 18.1. The number of anilines is 1. The second kappa shape index (κ2) is 7.93. The average Bonchev–Trinajstić information content (AvgIpc) is 3.17. The van der Waals surface area contributed by atoms with Gasteiger partial charge in [0.05, 0.1) is 6.10 Å². The maximum Gasteiger partial charge on any atom is 0.231 e. The van der Waals surface area contributed by atoms with Crippen LogP contribution in [0.1, 0.15) is 24.5 Å². The van der Waals surface area contributed by atoms with E-state index in [1.165, 1.54) is 0 Å². The summed E-state index contributed by atoms with van der Waals surface area (Å²) in [7, 11) is 0. The molecule has 0 amide bonds. The fourth-order valence-electron chi connectivity index (χ4n) is 3.54. The SMILES string of the molecule is OC(CCCN1CCN(c2ccccn2)CC1)c1ccc2c(c1)OCO2. The summed E-state index contributed by atoms with van der Waals surface area (Å²) in [6.07, 6.45) is 3.11. The molecule has 0 bridgehead atoms. The third-order valence-electron chi connectivity index (χ3n) is 5.08. The molecule has 1 fully saturated rings. The Morgan fingerprint density at radius 3 is 2.69 bits per heavy atom. The average molecular weight is 355 g/mol. The van der Waals surface area contributed by atoms with Crippen LogP contribution in [0.4, 0.5) is 5.82 Å². The van der Waals surface area contributed by atoms with Gasteiger partial charge in [-0.1, -0.05) is 12.1 Å². The molecule has 2 aliphatic heterocycles. The fourth-order valence-corrected chi connectivity index (χ4v) is 3.54. The van der Waals surface area contributed by atoms with Crippen LogP contribution in [0, 0.1) is 0 Å². The van der Waals surface area contributed by atoms with Crippen molar-refractivity contribution in [3.8, 4) is 11.5 Å². The Morgan fingerprint density at radius 2 is 1.88 bits per heavy atom. The maximum absolute atomic E-state index is 10.4. The predicted octanol–water partition coefficient (Wildman–Crippen LogP) is 2.45. The van der Waals surface area contributed by atoms with Crippen LogP contribution in [0.3, 0.4) is 0 Å². The number of ether oxygens (including phenoxy) is 2. The van der Waals surface area contributed by atoms with Gasteiger partial charge in [-0.05, 0) is 49.2 Å². The number of benzene rings is 1. The number of aliphatic hydroxyl groups is 1. The van der Waals surface area contributed by atoms with E-state index in [0.29, 0.717) is 0 Å². The molecule has 3 heterocycles. The Morgan fingerprint density at radius 1 is 1.04 bits per heavy atom. The van der Waals surface area contributed by atoms with Crippen LogP contribution in [0.25, 0.3) is 0 Å². The van der Waals surface area contributed by atoms with Crippen molar-refractivity contribution in [2.75, 3.05) is 44.4 Å². The molecule has 0 aliphatic carbocycles. The van der Waals surface area contributed by atoms with Crippen LogP contribution in [-0.4, -0.2) is 54.5 Å². The van der Waals surface area contributed by atoms with Crippen molar-refractivity contribution in [1.29, 1.82) is 0 Å². The highest BCUT2D eigenvalue weighted by Gasteiger charge is 2.19. The van der Waals surface area contributed by atoms with Crippen molar-refractivity contribution < 1.29 is 14.6 Å². The topological polar surface area (TPSA) is 58.1 Å². The molecule has 1 saturated heterocycles. The van der Waals surface area contributed by atoms with Gasteiger partial charge in [0.1, 0.15) is 5.82 Å². The molecule has 26 heavy (non-hydrogen) atoms. The monoisotopic (exact) mass is 355 g/mol. The molecule has 0 spiro atoms. The van der Waals surface area contributed by atoms with Crippen LogP contribution in [0.2, 0.25) is 0 Å². The quantitative estimate of drug-likeness (QED) is 0.859. The predicted molar refractivity (Wildman–Crippen MR) is 99.6 cm³/mol. The number of hydrogen-bond donors (Lipinski definition) is 1. The summed E-state index contributed by atoms with van der Waals surface area (Å²) >= 11 is 0. The minimum absolute atomic E-state index is 0.263. The number of pyridine rings is 1. The fraction of sp³-hybridized carbons (Fsp3) is 0.450. The molecule has 2 aliphatic rings. The second-order valence-corrected chi connectivity index (χ2v) is 6.79. The third-order valence-corrected chi connectivity index (χ3v) is 5.08. The van der Waals surface area contributed by atoms with Gasteiger partial charge >= 0.3 is 0 Å². The van der Waals surface area contributed by atoms with Crippen molar-refractivity contribution in [2.45, 2.75) is 18.9 Å². The van der Waals surface area contributed by atoms with E-state index >= 15 is 0 Å². The number of hydrogen-bond acceptors (Lipinski definition) is 6. The van der Waals surface area contributed by atoms with E-state index in [-0.39, 0.29) is 6.79 Å².